The van der Waals surface area contributed by atoms with Crippen molar-refractivity contribution in [3.63, 3.8) is 0 Å². The SMILES string of the molecule is COC(=O)c1ccc(Cl)c2c1[C@@H]1C=CC[C@@H]1[C@H](c1ccc(Cl)c([N+](=O)[O-])c1)N2. The highest BCUT2D eigenvalue weighted by atomic mass is 35.5. The molecule has 1 N–H and O–H groups in total. The zero-order chi connectivity index (χ0) is 20.0. The molecule has 0 saturated heterocycles. The first-order valence-corrected chi connectivity index (χ1v) is 9.45. The Morgan fingerprint density at radius 1 is 1.25 bits per heavy atom. The molecule has 0 saturated carbocycles. The van der Waals surface area contributed by atoms with Crippen LogP contribution in [0.25, 0.3) is 0 Å². The van der Waals surface area contributed by atoms with Gasteiger partial charge < -0.3 is 10.1 Å². The molecule has 0 spiro atoms. The van der Waals surface area contributed by atoms with E-state index in [1.807, 2.05) is 0 Å². The van der Waals surface area contributed by atoms with Gasteiger partial charge in [-0.2, -0.15) is 0 Å². The molecule has 28 heavy (non-hydrogen) atoms. The number of methoxy groups -OCH3 is 1. The van der Waals surface area contributed by atoms with E-state index < -0.39 is 10.9 Å². The summed E-state index contributed by atoms with van der Waals surface area (Å²) in [4.78, 5) is 23.1. The number of anilines is 1. The number of esters is 1. The molecular formula is C20H16Cl2N2O4. The molecule has 0 amide bonds. The van der Waals surface area contributed by atoms with Gasteiger partial charge in [0.2, 0.25) is 0 Å². The van der Waals surface area contributed by atoms with Gasteiger partial charge in [0.25, 0.3) is 5.69 Å². The van der Waals surface area contributed by atoms with Crippen molar-refractivity contribution in [3.05, 3.63) is 79.3 Å². The second-order valence-electron chi connectivity index (χ2n) is 6.82. The summed E-state index contributed by atoms with van der Waals surface area (Å²) in [6, 6.07) is 7.93. The highest BCUT2D eigenvalue weighted by Crippen LogP contribution is 2.53. The number of nitrogens with zero attached hydrogens (tertiary/aromatic N) is 1. The summed E-state index contributed by atoms with van der Waals surface area (Å²) in [5.74, 6) is -0.395. The highest BCUT2D eigenvalue weighted by molar-refractivity contribution is 6.33. The topological polar surface area (TPSA) is 81.5 Å². The van der Waals surface area contributed by atoms with Crippen LogP contribution in [-0.4, -0.2) is 18.0 Å². The average molecular weight is 419 g/mol. The monoisotopic (exact) mass is 418 g/mol. The van der Waals surface area contributed by atoms with Crippen molar-refractivity contribution in [1.82, 2.24) is 0 Å². The summed E-state index contributed by atoms with van der Waals surface area (Å²) in [6.07, 6.45) is 4.89. The molecule has 0 unspecified atom stereocenters. The van der Waals surface area contributed by atoms with E-state index in [2.05, 4.69) is 17.5 Å². The lowest BCUT2D eigenvalue weighted by Crippen LogP contribution is -2.30. The Hall–Kier alpha value is -2.57. The Balaban J connectivity index is 1.85. The van der Waals surface area contributed by atoms with E-state index in [9.17, 15) is 14.9 Å². The number of carbonyl (C=O) groups excluding carboxylic acids is 1. The maximum atomic E-state index is 12.3. The fraction of sp³-hybridized carbons (Fsp3) is 0.250. The third-order valence-electron chi connectivity index (χ3n) is 5.40. The summed E-state index contributed by atoms with van der Waals surface area (Å²) in [5.41, 5.74) is 2.54. The van der Waals surface area contributed by atoms with Gasteiger partial charge in [0.05, 0.1) is 34.3 Å². The third-order valence-corrected chi connectivity index (χ3v) is 6.03. The molecule has 6 nitrogen and oxygen atoms in total. The Morgan fingerprint density at radius 3 is 2.71 bits per heavy atom. The van der Waals surface area contributed by atoms with Crippen LogP contribution in [0, 0.1) is 16.0 Å². The molecule has 3 atom stereocenters. The zero-order valence-electron chi connectivity index (χ0n) is 14.8. The van der Waals surface area contributed by atoms with Crippen molar-refractivity contribution in [2.75, 3.05) is 12.4 Å². The predicted octanol–water partition coefficient (Wildman–Crippen LogP) is 5.51. The van der Waals surface area contributed by atoms with Gasteiger partial charge in [0.1, 0.15) is 5.02 Å². The van der Waals surface area contributed by atoms with E-state index in [0.29, 0.717) is 16.3 Å². The third kappa shape index (κ3) is 2.93. The van der Waals surface area contributed by atoms with E-state index in [4.69, 9.17) is 27.9 Å². The molecule has 144 valence electrons. The van der Waals surface area contributed by atoms with Crippen LogP contribution in [0.15, 0.2) is 42.5 Å². The van der Waals surface area contributed by atoms with Gasteiger partial charge in [-0.25, -0.2) is 4.79 Å². The quantitative estimate of drug-likeness (QED) is 0.307. The molecule has 8 heteroatoms. The molecule has 0 aromatic heterocycles. The largest absolute Gasteiger partial charge is 0.465 e. The molecule has 4 rings (SSSR count). The van der Waals surface area contributed by atoms with Gasteiger partial charge in [-0.15, -0.1) is 0 Å². The molecule has 0 bridgehead atoms. The lowest BCUT2D eigenvalue weighted by Gasteiger charge is -2.38. The number of benzene rings is 2. The second kappa shape index (κ2) is 7.11. The lowest BCUT2D eigenvalue weighted by atomic mass is 9.75. The van der Waals surface area contributed by atoms with Gasteiger partial charge in [-0.3, -0.25) is 10.1 Å². The molecular weight excluding hydrogens is 403 g/mol. The first-order valence-electron chi connectivity index (χ1n) is 8.70. The van der Waals surface area contributed by atoms with E-state index in [1.165, 1.54) is 19.2 Å². The molecule has 2 aromatic carbocycles. The van der Waals surface area contributed by atoms with Crippen molar-refractivity contribution in [2.45, 2.75) is 18.4 Å². The molecule has 2 aliphatic rings. The van der Waals surface area contributed by atoms with E-state index in [0.717, 1.165) is 17.5 Å². The van der Waals surface area contributed by atoms with Gasteiger partial charge >= 0.3 is 5.97 Å². The predicted molar refractivity (Wildman–Crippen MR) is 107 cm³/mol. The number of ether oxygens (including phenoxy) is 1. The number of fused-ring (bicyclic) bond motifs is 3. The Bertz CT molecular complexity index is 1020. The number of carbonyl (C=O) groups is 1. The number of rotatable bonds is 3. The summed E-state index contributed by atoms with van der Waals surface area (Å²) < 4.78 is 4.93. The molecule has 1 heterocycles. The summed E-state index contributed by atoms with van der Waals surface area (Å²) in [6.45, 7) is 0. The fourth-order valence-electron chi connectivity index (χ4n) is 4.16. The summed E-state index contributed by atoms with van der Waals surface area (Å²) in [7, 11) is 1.34. The second-order valence-corrected chi connectivity index (χ2v) is 7.63. The molecule has 1 aliphatic carbocycles. The van der Waals surface area contributed by atoms with Crippen LogP contribution in [-0.2, 0) is 4.74 Å². The van der Waals surface area contributed by atoms with Gasteiger partial charge in [0.15, 0.2) is 0 Å². The van der Waals surface area contributed by atoms with Crippen LogP contribution >= 0.6 is 23.2 Å². The van der Waals surface area contributed by atoms with Crippen molar-refractivity contribution < 1.29 is 14.5 Å². The minimum Gasteiger partial charge on any atom is -0.465 e. The lowest BCUT2D eigenvalue weighted by molar-refractivity contribution is -0.384. The van der Waals surface area contributed by atoms with Crippen LogP contribution in [0.1, 0.15) is 39.9 Å². The number of nitro benzene ring substituents is 1. The minimum atomic E-state index is -0.491. The number of nitro groups is 1. The van der Waals surface area contributed by atoms with Gasteiger partial charge in [0, 0.05) is 12.0 Å². The Labute approximate surface area is 171 Å². The molecule has 0 radical (unpaired) electrons. The van der Waals surface area contributed by atoms with Crippen molar-refractivity contribution in [2.24, 2.45) is 5.92 Å². The van der Waals surface area contributed by atoms with E-state index in [-0.39, 0.29) is 28.6 Å². The van der Waals surface area contributed by atoms with Crippen LogP contribution < -0.4 is 5.32 Å². The number of allylic oxidation sites excluding steroid dienone is 2. The van der Waals surface area contributed by atoms with Crippen LogP contribution in [0.4, 0.5) is 11.4 Å². The zero-order valence-corrected chi connectivity index (χ0v) is 16.3. The van der Waals surface area contributed by atoms with E-state index in [1.54, 1.807) is 18.2 Å². The Morgan fingerprint density at radius 2 is 2.00 bits per heavy atom. The number of hydrogen-bond acceptors (Lipinski definition) is 5. The normalized spacial score (nSPS) is 22.2. The number of hydrogen-bond donors (Lipinski definition) is 1. The summed E-state index contributed by atoms with van der Waals surface area (Å²) in [5, 5.41) is 15.3. The smallest absolute Gasteiger partial charge is 0.338 e. The fourth-order valence-corrected chi connectivity index (χ4v) is 4.56. The van der Waals surface area contributed by atoms with Crippen LogP contribution in [0.3, 0.4) is 0 Å². The number of halogens is 2. The Kier molecular flexibility index (Phi) is 4.77. The summed E-state index contributed by atoms with van der Waals surface area (Å²) >= 11 is 12.4. The number of nitrogens with one attached hydrogen (secondary N) is 1. The van der Waals surface area contributed by atoms with Gasteiger partial charge in [-0.05, 0) is 41.7 Å². The first kappa shape index (κ1) is 18.8. The molecule has 1 aliphatic heterocycles. The van der Waals surface area contributed by atoms with Gasteiger partial charge in [-0.1, -0.05) is 41.4 Å². The minimum absolute atomic E-state index is 0.0521. The highest BCUT2D eigenvalue weighted by Gasteiger charge is 2.41. The van der Waals surface area contributed by atoms with Crippen molar-refractivity contribution >= 4 is 40.5 Å². The standard InChI is InChI=1S/C20H16Cl2N2O4/c1-28-20(25)13-6-8-15(22)19-17(13)11-3-2-4-12(11)18(23-19)10-5-7-14(21)16(9-10)24(26)27/h2-3,5-9,11-12,18,23H,4H2,1H3/t11-,12+,18+/m1/s1. The average Bonchev–Trinajstić information content (AvgIpc) is 3.17. The maximum absolute atomic E-state index is 12.3. The van der Waals surface area contributed by atoms with E-state index >= 15 is 0 Å². The first-order chi connectivity index (χ1) is 13.4. The van der Waals surface area contributed by atoms with Crippen LogP contribution in [0.5, 0.6) is 0 Å². The van der Waals surface area contributed by atoms with Crippen molar-refractivity contribution in [3.8, 4) is 0 Å². The van der Waals surface area contributed by atoms with Crippen LogP contribution in [0.2, 0.25) is 10.0 Å². The molecule has 0 fully saturated rings. The molecule has 2 aromatic rings. The van der Waals surface area contributed by atoms with Crippen molar-refractivity contribution in [1.29, 1.82) is 0 Å². The maximum Gasteiger partial charge on any atom is 0.338 e.